The summed E-state index contributed by atoms with van der Waals surface area (Å²) in [5.41, 5.74) is 6.27. The molecule has 0 saturated carbocycles. The minimum absolute atomic E-state index is 0.914. The molecule has 0 unspecified atom stereocenters. The second-order valence-electron chi connectivity index (χ2n) is 6.23. The van der Waals surface area contributed by atoms with Crippen molar-refractivity contribution in [3.8, 4) is 28.0 Å². The lowest BCUT2D eigenvalue weighted by atomic mass is 9.86. The van der Waals surface area contributed by atoms with Gasteiger partial charge in [0, 0.05) is 5.39 Å². The predicted molar refractivity (Wildman–Crippen MR) is 106 cm³/mol. The number of benzene rings is 4. The fourth-order valence-corrected chi connectivity index (χ4v) is 3.59. The topological polar surface area (TPSA) is 9.23 Å². The van der Waals surface area contributed by atoms with Crippen molar-refractivity contribution in [2.75, 3.05) is 7.11 Å². The molecule has 0 aromatic heterocycles. The molecule has 0 saturated heterocycles. The molecule has 25 heavy (non-hydrogen) atoms. The Hall–Kier alpha value is -3.06. The van der Waals surface area contributed by atoms with Gasteiger partial charge in [-0.25, -0.2) is 0 Å². The monoisotopic (exact) mass is 324 g/mol. The van der Waals surface area contributed by atoms with Gasteiger partial charge in [-0.1, -0.05) is 72.8 Å². The van der Waals surface area contributed by atoms with E-state index in [-0.39, 0.29) is 0 Å². The van der Waals surface area contributed by atoms with Crippen LogP contribution in [0.15, 0.2) is 84.9 Å². The smallest absolute Gasteiger partial charge is 0.126 e. The van der Waals surface area contributed by atoms with Gasteiger partial charge in [-0.15, -0.1) is 0 Å². The van der Waals surface area contributed by atoms with Crippen LogP contribution in [-0.2, 0) is 0 Å². The van der Waals surface area contributed by atoms with Gasteiger partial charge in [0.05, 0.1) is 7.11 Å². The maximum atomic E-state index is 5.62. The number of fused-ring (bicyclic) bond motifs is 1. The Labute approximate surface area is 148 Å². The summed E-state index contributed by atoms with van der Waals surface area (Å²) in [6.07, 6.45) is 0. The van der Waals surface area contributed by atoms with Crippen molar-refractivity contribution < 1.29 is 4.74 Å². The van der Waals surface area contributed by atoms with Gasteiger partial charge in [-0.3, -0.25) is 0 Å². The van der Waals surface area contributed by atoms with Crippen molar-refractivity contribution in [3.63, 3.8) is 0 Å². The molecule has 0 bridgehead atoms. The summed E-state index contributed by atoms with van der Waals surface area (Å²) >= 11 is 0. The van der Waals surface area contributed by atoms with Crippen molar-refractivity contribution >= 4 is 10.8 Å². The molecular formula is C24H20O. The first-order valence-electron chi connectivity index (χ1n) is 8.51. The van der Waals surface area contributed by atoms with E-state index in [2.05, 4.69) is 85.8 Å². The normalized spacial score (nSPS) is 10.8. The highest BCUT2D eigenvalue weighted by atomic mass is 16.5. The molecule has 0 heterocycles. The first-order chi connectivity index (χ1) is 12.3. The Bertz CT molecular complexity index is 1020. The van der Waals surface area contributed by atoms with Crippen LogP contribution in [0.2, 0.25) is 0 Å². The molecule has 4 aromatic rings. The Morgan fingerprint density at radius 2 is 1.20 bits per heavy atom. The van der Waals surface area contributed by atoms with Crippen LogP contribution in [0.25, 0.3) is 33.0 Å². The first-order valence-corrected chi connectivity index (χ1v) is 8.51. The third kappa shape index (κ3) is 2.68. The first kappa shape index (κ1) is 15.5. The summed E-state index contributed by atoms with van der Waals surface area (Å²) in [4.78, 5) is 0. The molecular weight excluding hydrogens is 304 g/mol. The highest BCUT2D eigenvalue weighted by Crippen LogP contribution is 2.42. The Kier molecular flexibility index (Phi) is 3.99. The van der Waals surface area contributed by atoms with Gasteiger partial charge < -0.3 is 4.74 Å². The summed E-state index contributed by atoms with van der Waals surface area (Å²) in [5, 5.41) is 2.37. The summed E-state index contributed by atoms with van der Waals surface area (Å²) in [6, 6.07) is 29.7. The molecule has 0 radical (unpaired) electrons. The lowest BCUT2D eigenvalue weighted by molar-refractivity contribution is 0.420. The van der Waals surface area contributed by atoms with Gasteiger partial charge >= 0.3 is 0 Å². The second-order valence-corrected chi connectivity index (χ2v) is 6.23. The van der Waals surface area contributed by atoms with Crippen molar-refractivity contribution in [2.24, 2.45) is 0 Å². The van der Waals surface area contributed by atoms with Crippen LogP contribution >= 0.6 is 0 Å². The van der Waals surface area contributed by atoms with E-state index in [1.54, 1.807) is 7.11 Å². The standard InChI is InChI=1S/C24H20O/c1-17-16-21-20(14-9-15-22(21)25-2)24(19-12-7-4-8-13-19)23(17)18-10-5-3-6-11-18/h3-16H,1-2H3. The molecule has 1 heteroatoms. The lowest BCUT2D eigenvalue weighted by Gasteiger charge is -2.18. The van der Waals surface area contributed by atoms with Crippen LogP contribution in [0.4, 0.5) is 0 Å². The fraction of sp³-hybridized carbons (Fsp3) is 0.0833. The van der Waals surface area contributed by atoms with Gasteiger partial charge in [-0.2, -0.15) is 0 Å². The molecule has 122 valence electrons. The van der Waals surface area contributed by atoms with E-state index in [1.807, 2.05) is 6.07 Å². The largest absolute Gasteiger partial charge is 0.496 e. The van der Waals surface area contributed by atoms with Gasteiger partial charge in [0.25, 0.3) is 0 Å². The molecule has 1 nitrogen and oxygen atoms in total. The summed E-state index contributed by atoms with van der Waals surface area (Å²) in [6.45, 7) is 2.18. The molecule has 0 aliphatic heterocycles. The van der Waals surface area contributed by atoms with Crippen molar-refractivity contribution in [2.45, 2.75) is 6.92 Å². The van der Waals surface area contributed by atoms with E-state index in [4.69, 9.17) is 4.74 Å². The van der Waals surface area contributed by atoms with E-state index in [9.17, 15) is 0 Å². The van der Waals surface area contributed by atoms with E-state index >= 15 is 0 Å². The number of rotatable bonds is 3. The molecule has 0 aliphatic rings. The SMILES string of the molecule is COc1cccc2c(-c3ccccc3)c(-c3ccccc3)c(C)cc12. The molecule has 0 atom stereocenters. The second kappa shape index (κ2) is 6.45. The minimum atomic E-state index is 0.914. The third-order valence-corrected chi connectivity index (χ3v) is 4.69. The van der Waals surface area contributed by atoms with Crippen molar-refractivity contribution in [1.29, 1.82) is 0 Å². The Balaban J connectivity index is 2.17. The number of ether oxygens (including phenoxy) is 1. The zero-order chi connectivity index (χ0) is 17.2. The van der Waals surface area contributed by atoms with Crippen LogP contribution in [-0.4, -0.2) is 7.11 Å². The van der Waals surface area contributed by atoms with E-state index < -0.39 is 0 Å². The van der Waals surface area contributed by atoms with Crippen molar-refractivity contribution in [1.82, 2.24) is 0 Å². The minimum Gasteiger partial charge on any atom is -0.496 e. The van der Waals surface area contributed by atoms with E-state index in [1.165, 1.54) is 33.2 Å². The van der Waals surface area contributed by atoms with Crippen LogP contribution in [0.3, 0.4) is 0 Å². The van der Waals surface area contributed by atoms with Gasteiger partial charge in [0.1, 0.15) is 5.75 Å². The van der Waals surface area contributed by atoms with Crippen LogP contribution in [0.5, 0.6) is 5.75 Å². The molecule has 0 amide bonds. The molecule has 0 fully saturated rings. The zero-order valence-electron chi connectivity index (χ0n) is 14.5. The summed E-state index contributed by atoms with van der Waals surface area (Å²) in [7, 11) is 1.73. The summed E-state index contributed by atoms with van der Waals surface area (Å²) < 4.78 is 5.62. The molecule has 0 spiro atoms. The highest BCUT2D eigenvalue weighted by molar-refractivity contribution is 6.07. The molecule has 0 N–H and O–H groups in total. The van der Waals surface area contributed by atoms with E-state index in [0.717, 1.165) is 11.1 Å². The number of aryl methyl sites for hydroxylation is 1. The van der Waals surface area contributed by atoms with Gasteiger partial charge in [0.2, 0.25) is 0 Å². The Morgan fingerprint density at radius 3 is 1.80 bits per heavy atom. The number of methoxy groups -OCH3 is 1. The lowest BCUT2D eigenvalue weighted by Crippen LogP contribution is -1.94. The third-order valence-electron chi connectivity index (χ3n) is 4.69. The highest BCUT2D eigenvalue weighted by Gasteiger charge is 2.16. The number of hydrogen-bond acceptors (Lipinski definition) is 1. The molecule has 0 aliphatic carbocycles. The Morgan fingerprint density at radius 1 is 0.600 bits per heavy atom. The molecule has 4 aromatic carbocycles. The van der Waals surface area contributed by atoms with Crippen LogP contribution in [0.1, 0.15) is 5.56 Å². The average Bonchev–Trinajstić information content (AvgIpc) is 2.68. The zero-order valence-corrected chi connectivity index (χ0v) is 14.5. The van der Waals surface area contributed by atoms with Crippen molar-refractivity contribution in [3.05, 3.63) is 90.5 Å². The predicted octanol–water partition coefficient (Wildman–Crippen LogP) is 6.49. The fourth-order valence-electron chi connectivity index (χ4n) is 3.59. The van der Waals surface area contributed by atoms with Crippen LogP contribution < -0.4 is 4.74 Å². The van der Waals surface area contributed by atoms with Gasteiger partial charge in [-0.05, 0) is 52.3 Å². The maximum Gasteiger partial charge on any atom is 0.126 e. The average molecular weight is 324 g/mol. The quantitative estimate of drug-likeness (QED) is 0.418. The van der Waals surface area contributed by atoms with Crippen LogP contribution in [0, 0.1) is 6.92 Å². The van der Waals surface area contributed by atoms with E-state index in [0.29, 0.717) is 0 Å². The molecule has 4 rings (SSSR count). The number of hydrogen-bond donors (Lipinski definition) is 0. The maximum absolute atomic E-state index is 5.62. The summed E-state index contributed by atoms with van der Waals surface area (Å²) in [5.74, 6) is 0.914. The van der Waals surface area contributed by atoms with Gasteiger partial charge in [0.15, 0.2) is 0 Å².